The number of ether oxygens (including phenoxy) is 1. The molecule has 4 atom stereocenters. The number of rotatable bonds is 3. The van der Waals surface area contributed by atoms with Crippen molar-refractivity contribution in [3.05, 3.63) is 32.6 Å². The minimum absolute atomic E-state index is 0.300. The maximum atomic E-state index is 14.3. The van der Waals surface area contributed by atoms with Crippen LogP contribution in [0.3, 0.4) is 0 Å². The lowest BCUT2D eigenvalue weighted by Gasteiger charge is -2.16. The Hall–Kier alpha value is -0.740. The first-order valence-corrected chi connectivity index (χ1v) is 7.30. The highest BCUT2D eigenvalue weighted by Crippen LogP contribution is 2.36. The van der Waals surface area contributed by atoms with Crippen molar-refractivity contribution in [3.63, 3.8) is 0 Å². The lowest BCUT2D eigenvalue weighted by Crippen LogP contribution is -2.36. The number of hydrogen-bond donors (Lipinski definition) is 2. The lowest BCUT2D eigenvalue weighted by molar-refractivity contribution is -0.0418. The van der Waals surface area contributed by atoms with E-state index >= 15 is 0 Å². The van der Waals surface area contributed by atoms with Crippen molar-refractivity contribution in [1.29, 1.82) is 0 Å². The van der Waals surface area contributed by atoms with Gasteiger partial charge in [-0.1, -0.05) is 22.6 Å². The Morgan fingerprint density at radius 2 is 2.26 bits per heavy atom. The van der Waals surface area contributed by atoms with Crippen molar-refractivity contribution in [2.45, 2.75) is 25.4 Å². The number of nitrogens with zero attached hydrogens (tertiary/aromatic N) is 1. The summed E-state index contributed by atoms with van der Waals surface area (Å²) in [7, 11) is 0. The van der Waals surface area contributed by atoms with Crippen LogP contribution in [-0.2, 0) is 4.74 Å². The summed E-state index contributed by atoms with van der Waals surface area (Å²) in [6.45, 7) is 1.22. The van der Waals surface area contributed by atoms with E-state index in [9.17, 15) is 19.1 Å². The second-order valence-electron chi connectivity index (χ2n) is 4.49. The van der Waals surface area contributed by atoms with Crippen molar-refractivity contribution >= 4 is 22.6 Å². The fourth-order valence-corrected chi connectivity index (χ4v) is 3.18. The first-order valence-electron chi connectivity index (χ1n) is 5.78. The second-order valence-corrected chi connectivity index (χ2v) is 5.37. The zero-order chi connectivity index (χ0) is 14.2. The third-order valence-electron chi connectivity index (χ3n) is 3.25. The number of aromatic amines is 1. The Morgan fingerprint density at radius 3 is 2.79 bits per heavy atom. The van der Waals surface area contributed by atoms with Gasteiger partial charge in [0.05, 0.1) is 12.7 Å². The summed E-state index contributed by atoms with van der Waals surface area (Å²) < 4.78 is 21.2. The molecule has 1 fully saturated rings. The molecule has 6 nitrogen and oxygen atoms in total. The summed E-state index contributed by atoms with van der Waals surface area (Å²) >= 11 is 2.02. The van der Waals surface area contributed by atoms with Gasteiger partial charge in [0, 0.05) is 22.1 Å². The summed E-state index contributed by atoms with van der Waals surface area (Å²) in [5.41, 5.74) is -0.915. The van der Waals surface area contributed by atoms with Gasteiger partial charge in [-0.25, -0.2) is 9.18 Å². The fourth-order valence-electron chi connectivity index (χ4n) is 2.13. The van der Waals surface area contributed by atoms with Crippen LogP contribution in [0.4, 0.5) is 4.39 Å². The summed E-state index contributed by atoms with van der Waals surface area (Å²) in [6, 6.07) is 0. The molecule has 2 N–H and O–H groups in total. The van der Waals surface area contributed by atoms with Crippen LogP contribution in [0, 0.1) is 12.8 Å². The molecule has 1 aliphatic rings. The molecule has 0 aliphatic carbocycles. The van der Waals surface area contributed by atoms with Crippen LogP contribution in [0.1, 0.15) is 11.8 Å². The quantitative estimate of drug-likeness (QED) is 0.573. The summed E-state index contributed by atoms with van der Waals surface area (Å²) in [5.74, 6) is -0.477. The zero-order valence-electron chi connectivity index (χ0n) is 10.2. The molecule has 1 aromatic rings. The SMILES string of the molecule is Cc1cn(C2OC(CO)[C@@H](CI)[C@H]2F)c(=O)[nH]c1=O. The molecule has 0 radical (unpaired) electrons. The number of aryl methyl sites for hydroxylation is 1. The molecule has 106 valence electrons. The van der Waals surface area contributed by atoms with E-state index in [1.165, 1.54) is 13.1 Å². The Balaban J connectivity index is 2.41. The molecule has 1 aromatic heterocycles. The molecule has 0 bridgehead atoms. The van der Waals surface area contributed by atoms with Crippen LogP contribution in [0.2, 0.25) is 0 Å². The number of halogens is 2. The van der Waals surface area contributed by atoms with Gasteiger partial charge in [-0.05, 0) is 6.92 Å². The average Bonchev–Trinajstić information content (AvgIpc) is 2.70. The first-order chi connectivity index (χ1) is 8.99. The third-order valence-corrected chi connectivity index (χ3v) is 4.27. The van der Waals surface area contributed by atoms with E-state index < -0.39 is 35.7 Å². The predicted octanol–water partition coefficient (Wildman–Crippen LogP) is 0.124. The van der Waals surface area contributed by atoms with Gasteiger partial charge in [0.15, 0.2) is 12.4 Å². The number of H-pyrrole nitrogens is 1. The molecule has 1 saturated heterocycles. The van der Waals surface area contributed by atoms with E-state index in [0.29, 0.717) is 9.99 Å². The Labute approximate surface area is 121 Å². The number of aliphatic hydroxyl groups excluding tert-OH is 1. The monoisotopic (exact) mass is 384 g/mol. The summed E-state index contributed by atoms with van der Waals surface area (Å²) in [5, 5.41) is 9.18. The maximum absolute atomic E-state index is 14.3. The third kappa shape index (κ3) is 2.61. The highest BCUT2D eigenvalue weighted by molar-refractivity contribution is 14.1. The van der Waals surface area contributed by atoms with Gasteiger partial charge in [-0.3, -0.25) is 14.3 Å². The van der Waals surface area contributed by atoms with Crippen molar-refractivity contribution in [3.8, 4) is 0 Å². The smallest absolute Gasteiger partial charge is 0.330 e. The molecule has 0 saturated carbocycles. The number of aromatic nitrogens is 2. The van der Waals surface area contributed by atoms with Crippen molar-refractivity contribution < 1.29 is 14.2 Å². The van der Waals surface area contributed by atoms with Gasteiger partial charge in [-0.2, -0.15) is 0 Å². The molecular weight excluding hydrogens is 370 g/mol. The minimum atomic E-state index is -1.41. The van der Waals surface area contributed by atoms with E-state index in [0.717, 1.165) is 4.57 Å². The number of aliphatic hydroxyl groups is 1. The summed E-state index contributed by atoms with van der Waals surface area (Å²) in [6.07, 6.45) is -1.88. The molecule has 0 aromatic carbocycles. The largest absolute Gasteiger partial charge is 0.394 e. The van der Waals surface area contributed by atoms with Crippen LogP contribution in [0.5, 0.6) is 0 Å². The van der Waals surface area contributed by atoms with Gasteiger partial charge in [-0.15, -0.1) is 0 Å². The van der Waals surface area contributed by atoms with E-state index in [-0.39, 0.29) is 6.61 Å². The second kappa shape index (κ2) is 5.71. The molecule has 2 unspecified atom stereocenters. The average molecular weight is 384 g/mol. The van der Waals surface area contributed by atoms with E-state index in [2.05, 4.69) is 4.98 Å². The molecule has 1 aliphatic heterocycles. The fraction of sp³-hybridized carbons (Fsp3) is 0.636. The van der Waals surface area contributed by atoms with Gasteiger partial charge in [0.1, 0.15) is 0 Å². The number of alkyl halides is 2. The predicted molar refractivity (Wildman–Crippen MR) is 74.3 cm³/mol. The lowest BCUT2D eigenvalue weighted by atomic mass is 10.0. The zero-order valence-corrected chi connectivity index (χ0v) is 12.3. The van der Waals surface area contributed by atoms with Gasteiger partial charge >= 0.3 is 5.69 Å². The maximum Gasteiger partial charge on any atom is 0.330 e. The topological polar surface area (TPSA) is 84.3 Å². The number of hydrogen-bond acceptors (Lipinski definition) is 4. The van der Waals surface area contributed by atoms with Crippen LogP contribution in [0.25, 0.3) is 0 Å². The molecule has 19 heavy (non-hydrogen) atoms. The van der Waals surface area contributed by atoms with Crippen molar-refractivity contribution in [1.82, 2.24) is 9.55 Å². The van der Waals surface area contributed by atoms with E-state index in [1.807, 2.05) is 22.6 Å². The highest BCUT2D eigenvalue weighted by atomic mass is 127. The standard InChI is InChI=1S/C11H14FIN2O4/c1-5-3-15(11(18)14-9(5)17)10-8(12)6(2-13)7(4-16)19-10/h3,6-8,10,16H,2,4H2,1H3,(H,14,17,18)/t6-,7?,8-,10?/m1/s1. The van der Waals surface area contributed by atoms with Gasteiger partial charge in [0.2, 0.25) is 0 Å². The number of nitrogens with one attached hydrogen (secondary N) is 1. The van der Waals surface area contributed by atoms with Crippen LogP contribution >= 0.6 is 22.6 Å². The van der Waals surface area contributed by atoms with Crippen LogP contribution in [-0.4, -0.2) is 38.0 Å². The van der Waals surface area contributed by atoms with E-state index in [1.54, 1.807) is 0 Å². The first kappa shape index (κ1) is 14.7. The van der Waals surface area contributed by atoms with Gasteiger partial charge in [0.25, 0.3) is 5.56 Å². The molecule has 0 spiro atoms. The van der Waals surface area contributed by atoms with Crippen LogP contribution < -0.4 is 11.2 Å². The molecular formula is C11H14FIN2O4. The Bertz CT molecular complexity index is 573. The minimum Gasteiger partial charge on any atom is -0.394 e. The summed E-state index contributed by atoms with van der Waals surface area (Å²) in [4.78, 5) is 25.1. The van der Waals surface area contributed by atoms with Crippen molar-refractivity contribution in [2.24, 2.45) is 5.92 Å². The molecule has 0 amide bonds. The van der Waals surface area contributed by atoms with E-state index in [4.69, 9.17) is 4.74 Å². The van der Waals surface area contributed by atoms with Crippen LogP contribution in [0.15, 0.2) is 15.8 Å². The normalized spacial score (nSPS) is 30.7. The Kier molecular flexibility index (Phi) is 4.41. The molecule has 8 heteroatoms. The Morgan fingerprint density at radius 1 is 1.58 bits per heavy atom. The van der Waals surface area contributed by atoms with Crippen molar-refractivity contribution in [2.75, 3.05) is 11.0 Å². The van der Waals surface area contributed by atoms with Gasteiger partial charge < -0.3 is 9.84 Å². The molecule has 2 rings (SSSR count). The molecule has 2 heterocycles. The highest BCUT2D eigenvalue weighted by Gasteiger charge is 2.45.